The van der Waals surface area contributed by atoms with Gasteiger partial charge >= 0.3 is 0 Å². The van der Waals surface area contributed by atoms with E-state index in [1.54, 1.807) is 36.4 Å². The Morgan fingerprint density at radius 1 is 0.629 bits per heavy atom. The van der Waals surface area contributed by atoms with Crippen molar-refractivity contribution in [3.8, 4) is 0 Å². The van der Waals surface area contributed by atoms with Crippen LogP contribution in [0.5, 0.6) is 0 Å². The molecule has 0 saturated carbocycles. The molecular weight excluding hydrogens is 468 g/mol. The molecule has 0 bridgehead atoms. The Labute approximate surface area is 210 Å². The quantitative estimate of drug-likeness (QED) is 0.266. The van der Waals surface area contributed by atoms with Crippen LogP contribution in [0.2, 0.25) is 0 Å². The molecule has 0 fully saturated rings. The van der Waals surface area contributed by atoms with Crippen molar-refractivity contribution in [2.75, 3.05) is 39.3 Å². The van der Waals surface area contributed by atoms with Gasteiger partial charge in [-0.15, -0.1) is 25.6 Å². The lowest BCUT2D eigenvalue weighted by molar-refractivity contribution is 0.0587. The van der Waals surface area contributed by atoms with Crippen LogP contribution in [0, 0.1) is 0 Å². The van der Waals surface area contributed by atoms with E-state index in [4.69, 9.17) is 0 Å². The van der Waals surface area contributed by atoms with Crippen LogP contribution in [0.3, 0.4) is 0 Å². The fraction of sp³-hybridized carbons (Fsp3) is 0.308. The minimum atomic E-state index is -0.402. The van der Waals surface area contributed by atoms with Gasteiger partial charge in [-0.1, -0.05) is 12.2 Å². The molecule has 2 aliphatic rings. The van der Waals surface area contributed by atoms with E-state index in [-0.39, 0.29) is 25.5 Å². The summed E-state index contributed by atoms with van der Waals surface area (Å²) >= 11 is 0. The lowest BCUT2D eigenvalue weighted by Gasteiger charge is -2.32. The normalized spacial score (nSPS) is 14.4. The van der Waals surface area contributed by atoms with Crippen molar-refractivity contribution in [2.45, 2.75) is 12.8 Å². The van der Waals surface area contributed by atoms with Crippen LogP contribution in [0.4, 0.5) is 0 Å². The molecule has 8 nitrogen and oxygen atoms in total. The standard InChI is InChI=1S/C26H28N4O4.ClH/c1-3-11-27-13-5-15-29-23(31)17-7-9-19-22-20(10-8-18(21(17)22)24(29)32)26(34)30(25(19)33)16-6-14-28-12-4-2;/h3-4,7-10,27-28H,1-2,5-6,11-16H2;1H. The van der Waals surface area contributed by atoms with Crippen molar-refractivity contribution in [3.63, 3.8) is 0 Å². The van der Waals surface area contributed by atoms with Crippen molar-refractivity contribution in [1.29, 1.82) is 0 Å². The van der Waals surface area contributed by atoms with Gasteiger partial charge in [-0.25, -0.2) is 0 Å². The second kappa shape index (κ2) is 11.4. The van der Waals surface area contributed by atoms with Gasteiger partial charge in [-0.3, -0.25) is 29.0 Å². The first kappa shape index (κ1) is 26.3. The SMILES string of the molecule is C=CCNCCCN1C(=O)c2ccc3c4c(ccc(c24)C1=O)C(=O)N(CCCNCC=C)C3=O.Cl. The second-order valence-electron chi connectivity index (χ2n) is 8.29. The van der Waals surface area contributed by atoms with E-state index in [0.29, 0.717) is 72.0 Å². The minimum absolute atomic E-state index is 0. The average Bonchev–Trinajstić information content (AvgIpc) is 2.84. The summed E-state index contributed by atoms with van der Waals surface area (Å²) in [4.78, 5) is 55.2. The Balaban J connectivity index is 0.00000342. The molecule has 35 heavy (non-hydrogen) atoms. The summed E-state index contributed by atoms with van der Waals surface area (Å²) in [5.74, 6) is -1.61. The van der Waals surface area contributed by atoms with Gasteiger partial charge in [0.05, 0.1) is 0 Å². The first-order valence-electron chi connectivity index (χ1n) is 11.5. The highest BCUT2D eigenvalue weighted by Crippen LogP contribution is 2.37. The van der Waals surface area contributed by atoms with Crippen molar-refractivity contribution in [3.05, 3.63) is 71.8 Å². The van der Waals surface area contributed by atoms with E-state index < -0.39 is 23.6 Å². The number of nitrogens with one attached hydrogen (secondary N) is 2. The highest BCUT2D eigenvalue weighted by molar-refractivity contribution is 6.33. The number of imide groups is 2. The molecule has 0 spiro atoms. The molecular formula is C26H29ClN4O4. The number of benzene rings is 2. The number of hydrogen-bond acceptors (Lipinski definition) is 6. The third-order valence-electron chi connectivity index (χ3n) is 6.11. The number of hydrogen-bond donors (Lipinski definition) is 2. The molecule has 4 amide bonds. The molecule has 0 aliphatic carbocycles. The lowest BCUT2D eigenvalue weighted by Crippen LogP contribution is -2.44. The summed E-state index contributed by atoms with van der Waals surface area (Å²) in [6, 6.07) is 6.39. The van der Waals surface area contributed by atoms with Crippen LogP contribution in [-0.2, 0) is 0 Å². The predicted octanol–water partition coefficient (Wildman–Crippen LogP) is 2.79. The van der Waals surface area contributed by atoms with Gasteiger partial charge in [-0.05, 0) is 50.2 Å². The molecule has 2 aliphatic heterocycles. The van der Waals surface area contributed by atoms with Crippen LogP contribution in [0.1, 0.15) is 54.3 Å². The van der Waals surface area contributed by atoms with Crippen LogP contribution >= 0.6 is 12.4 Å². The molecule has 0 saturated heterocycles. The van der Waals surface area contributed by atoms with Crippen LogP contribution in [0.15, 0.2) is 49.6 Å². The summed E-state index contributed by atoms with van der Waals surface area (Å²) in [6.45, 7) is 10.4. The predicted molar refractivity (Wildman–Crippen MR) is 137 cm³/mol. The number of amides is 4. The van der Waals surface area contributed by atoms with Crippen molar-refractivity contribution in [1.82, 2.24) is 20.4 Å². The Morgan fingerprint density at radius 3 is 1.23 bits per heavy atom. The first-order valence-corrected chi connectivity index (χ1v) is 11.5. The smallest absolute Gasteiger partial charge is 0.261 e. The molecule has 2 aromatic rings. The average molecular weight is 497 g/mol. The summed E-state index contributed by atoms with van der Waals surface area (Å²) in [7, 11) is 0. The van der Waals surface area contributed by atoms with Crippen molar-refractivity contribution < 1.29 is 19.2 Å². The maximum absolute atomic E-state index is 13.2. The molecule has 4 rings (SSSR count). The summed E-state index contributed by atoms with van der Waals surface area (Å²) in [5.41, 5.74) is 1.38. The Morgan fingerprint density at radius 2 is 0.943 bits per heavy atom. The maximum atomic E-state index is 13.2. The van der Waals surface area contributed by atoms with E-state index in [1.807, 2.05) is 0 Å². The van der Waals surface area contributed by atoms with E-state index in [9.17, 15) is 19.2 Å². The highest BCUT2D eigenvalue weighted by atomic mass is 35.5. The van der Waals surface area contributed by atoms with Gasteiger partial charge in [0, 0.05) is 59.2 Å². The Kier molecular flexibility index (Phi) is 8.56. The van der Waals surface area contributed by atoms with E-state index >= 15 is 0 Å². The van der Waals surface area contributed by atoms with Crippen LogP contribution in [0.25, 0.3) is 10.8 Å². The third kappa shape index (κ3) is 4.77. The molecule has 9 heteroatoms. The zero-order chi connectivity index (χ0) is 24.2. The van der Waals surface area contributed by atoms with Gasteiger partial charge in [0.1, 0.15) is 0 Å². The van der Waals surface area contributed by atoms with E-state index in [1.165, 1.54) is 9.80 Å². The lowest BCUT2D eigenvalue weighted by atomic mass is 9.86. The van der Waals surface area contributed by atoms with Gasteiger partial charge in [0.2, 0.25) is 0 Å². The zero-order valence-corrected chi connectivity index (χ0v) is 20.3. The van der Waals surface area contributed by atoms with E-state index in [0.717, 1.165) is 0 Å². The third-order valence-corrected chi connectivity index (χ3v) is 6.11. The topological polar surface area (TPSA) is 98.8 Å². The molecule has 184 valence electrons. The second-order valence-corrected chi connectivity index (χ2v) is 8.29. The van der Waals surface area contributed by atoms with Crippen molar-refractivity contribution >= 4 is 46.8 Å². The zero-order valence-electron chi connectivity index (χ0n) is 19.5. The summed E-state index contributed by atoms with van der Waals surface area (Å²) < 4.78 is 0. The summed E-state index contributed by atoms with van der Waals surface area (Å²) in [5, 5.41) is 7.12. The fourth-order valence-corrected chi connectivity index (χ4v) is 4.51. The number of rotatable bonds is 12. The number of carbonyl (C=O) groups is 4. The van der Waals surface area contributed by atoms with Crippen molar-refractivity contribution in [2.24, 2.45) is 0 Å². The molecule has 0 unspecified atom stereocenters. The number of halogens is 1. The van der Waals surface area contributed by atoms with Gasteiger partial charge in [0.25, 0.3) is 23.6 Å². The fourth-order valence-electron chi connectivity index (χ4n) is 4.51. The molecule has 0 aromatic heterocycles. The molecule has 0 atom stereocenters. The Hall–Kier alpha value is -3.33. The van der Waals surface area contributed by atoms with Gasteiger partial charge < -0.3 is 10.6 Å². The largest absolute Gasteiger partial charge is 0.313 e. The summed E-state index contributed by atoms with van der Waals surface area (Å²) in [6.07, 6.45) is 4.70. The highest BCUT2D eigenvalue weighted by Gasteiger charge is 2.39. The Bertz CT molecular complexity index is 1050. The minimum Gasteiger partial charge on any atom is -0.313 e. The monoisotopic (exact) mass is 496 g/mol. The number of nitrogens with zero attached hydrogens (tertiary/aromatic N) is 2. The maximum Gasteiger partial charge on any atom is 0.261 e. The number of carbonyl (C=O) groups excluding carboxylic acids is 4. The molecule has 2 N–H and O–H groups in total. The molecule has 0 radical (unpaired) electrons. The van der Waals surface area contributed by atoms with Crippen LogP contribution < -0.4 is 10.6 Å². The first-order chi connectivity index (χ1) is 16.5. The molecule has 2 aromatic carbocycles. The van der Waals surface area contributed by atoms with Crippen LogP contribution in [-0.4, -0.2) is 72.7 Å². The van der Waals surface area contributed by atoms with Gasteiger partial charge in [0.15, 0.2) is 0 Å². The van der Waals surface area contributed by atoms with E-state index in [2.05, 4.69) is 23.8 Å². The molecule has 2 heterocycles. The van der Waals surface area contributed by atoms with Gasteiger partial charge in [-0.2, -0.15) is 0 Å².